The standard InChI is InChI=1S/C16H16N4/c1-12-9-14(10-13(2)19-12)11-20-8-7-18-16(20)15-3-5-17-6-4-15/h3-10H,11H2,1-2H3. The van der Waals surface area contributed by atoms with E-state index < -0.39 is 0 Å². The molecule has 100 valence electrons. The topological polar surface area (TPSA) is 43.6 Å². The Morgan fingerprint density at radius 1 is 1.00 bits per heavy atom. The van der Waals surface area contributed by atoms with Crippen LogP contribution in [0.3, 0.4) is 0 Å². The van der Waals surface area contributed by atoms with E-state index in [4.69, 9.17) is 0 Å². The first kappa shape index (κ1) is 12.5. The molecule has 0 atom stereocenters. The van der Waals surface area contributed by atoms with Gasteiger partial charge in [0.15, 0.2) is 0 Å². The lowest BCUT2D eigenvalue weighted by atomic mass is 10.2. The Labute approximate surface area is 118 Å². The van der Waals surface area contributed by atoms with Crippen molar-refractivity contribution in [2.45, 2.75) is 20.4 Å². The van der Waals surface area contributed by atoms with E-state index in [-0.39, 0.29) is 0 Å². The molecule has 0 spiro atoms. The fourth-order valence-corrected chi connectivity index (χ4v) is 2.41. The first-order valence-electron chi connectivity index (χ1n) is 6.58. The van der Waals surface area contributed by atoms with Gasteiger partial charge in [0.2, 0.25) is 0 Å². The molecule has 3 rings (SSSR count). The molecule has 0 saturated heterocycles. The Morgan fingerprint density at radius 2 is 1.70 bits per heavy atom. The number of imidazole rings is 1. The van der Waals surface area contributed by atoms with Crippen molar-refractivity contribution in [3.63, 3.8) is 0 Å². The molecule has 0 aliphatic heterocycles. The molecular formula is C16H16N4. The van der Waals surface area contributed by atoms with Crippen LogP contribution in [0.2, 0.25) is 0 Å². The molecule has 0 amide bonds. The summed E-state index contributed by atoms with van der Waals surface area (Å²) in [5.41, 5.74) is 4.41. The van der Waals surface area contributed by atoms with Crippen molar-refractivity contribution in [3.8, 4) is 11.4 Å². The minimum Gasteiger partial charge on any atom is -0.327 e. The predicted molar refractivity (Wildman–Crippen MR) is 78.3 cm³/mol. The second kappa shape index (κ2) is 5.25. The van der Waals surface area contributed by atoms with Crippen molar-refractivity contribution < 1.29 is 0 Å². The summed E-state index contributed by atoms with van der Waals surface area (Å²) in [6.07, 6.45) is 7.40. The number of hydrogen-bond acceptors (Lipinski definition) is 3. The van der Waals surface area contributed by atoms with Gasteiger partial charge >= 0.3 is 0 Å². The van der Waals surface area contributed by atoms with E-state index in [2.05, 4.69) is 31.7 Å². The fourth-order valence-electron chi connectivity index (χ4n) is 2.41. The number of aryl methyl sites for hydroxylation is 2. The predicted octanol–water partition coefficient (Wildman–Crippen LogP) is 3.01. The van der Waals surface area contributed by atoms with Gasteiger partial charge in [-0.05, 0) is 43.7 Å². The van der Waals surface area contributed by atoms with E-state index in [1.807, 2.05) is 38.4 Å². The van der Waals surface area contributed by atoms with Crippen LogP contribution < -0.4 is 0 Å². The highest BCUT2D eigenvalue weighted by Gasteiger charge is 2.06. The van der Waals surface area contributed by atoms with Crippen molar-refractivity contribution in [1.82, 2.24) is 19.5 Å². The molecule has 4 heteroatoms. The first-order valence-corrected chi connectivity index (χ1v) is 6.58. The van der Waals surface area contributed by atoms with Crippen LogP contribution in [-0.2, 0) is 6.54 Å². The van der Waals surface area contributed by atoms with Crippen molar-refractivity contribution in [1.29, 1.82) is 0 Å². The van der Waals surface area contributed by atoms with Crippen LogP contribution in [0.1, 0.15) is 17.0 Å². The van der Waals surface area contributed by atoms with Gasteiger partial charge in [0.1, 0.15) is 5.82 Å². The lowest BCUT2D eigenvalue weighted by molar-refractivity contribution is 0.801. The van der Waals surface area contributed by atoms with Gasteiger partial charge < -0.3 is 4.57 Å². The van der Waals surface area contributed by atoms with Crippen LogP contribution in [0, 0.1) is 13.8 Å². The molecule has 0 fully saturated rings. The highest BCUT2D eigenvalue weighted by atomic mass is 15.1. The Kier molecular flexibility index (Phi) is 3.29. The van der Waals surface area contributed by atoms with Gasteiger partial charge in [-0.1, -0.05) is 0 Å². The zero-order chi connectivity index (χ0) is 13.9. The number of hydrogen-bond donors (Lipinski definition) is 0. The minimum absolute atomic E-state index is 0.794. The number of rotatable bonds is 3. The van der Waals surface area contributed by atoms with Crippen molar-refractivity contribution in [2.75, 3.05) is 0 Å². The monoisotopic (exact) mass is 264 g/mol. The lowest BCUT2D eigenvalue weighted by Gasteiger charge is -2.09. The maximum absolute atomic E-state index is 4.45. The van der Waals surface area contributed by atoms with Gasteiger partial charge in [-0.15, -0.1) is 0 Å². The Hall–Kier alpha value is -2.49. The SMILES string of the molecule is Cc1cc(Cn2ccnc2-c2ccncc2)cc(C)n1. The zero-order valence-corrected chi connectivity index (χ0v) is 11.6. The van der Waals surface area contributed by atoms with Gasteiger partial charge in [0, 0.05) is 48.3 Å². The van der Waals surface area contributed by atoms with Gasteiger partial charge in [-0.3, -0.25) is 9.97 Å². The fraction of sp³-hybridized carbons (Fsp3) is 0.188. The summed E-state index contributed by atoms with van der Waals surface area (Å²) in [6, 6.07) is 8.18. The smallest absolute Gasteiger partial charge is 0.140 e. The molecule has 0 bridgehead atoms. The number of nitrogens with zero attached hydrogens (tertiary/aromatic N) is 4. The molecule has 0 unspecified atom stereocenters. The molecule has 0 aromatic carbocycles. The average molecular weight is 264 g/mol. The van der Waals surface area contributed by atoms with Gasteiger partial charge in [-0.25, -0.2) is 4.98 Å². The van der Waals surface area contributed by atoms with E-state index >= 15 is 0 Å². The van der Waals surface area contributed by atoms with Gasteiger partial charge in [-0.2, -0.15) is 0 Å². The van der Waals surface area contributed by atoms with Crippen molar-refractivity contribution in [2.24, 2.45) is 0 Å². The summed E-state index contributed by atoms with van der Waals surface area (Å²) in [5, 5.41) is 0. The summed E-state index contributed by atoms with van der Waals surface area (Å²) >= 11 is 0. The van der Waals surface area contributed by atoms with E-state index in [0.717, 1.165) is 29.3 Å². The normalized spacial score (nSPS) is 10.7. The summed E-state index contributed by atoms with van der Waals surface area (Å²) in [5.74, 6) is 0.958. The summed E-state index contributed by atoms with van der Waals surface area (Å²) in [4.78, 5) is 12.9. The van der Waals surface area contributed by atoms with Crippen molar-refractivity contribution >= 4 is 0 Å². The second-order valence-corrected chi connectivity index (χ2v) is 4.87. The van der Waals surface area contributed by atoms with Crippen LogP contribution in [0.15, 0.2) is 49.1 Å². The summed E-state index contributed by atoms with van der Waals surface area (Å²) < 4.78 is 2.14. The third-order valence-corrected chi connectivity index (χ3v) is 3.15. The van der Waals surface area contributed by atoms with E-state index in [9.17, 15) is 0 Å². The van der Waals surface area contributed by atoms with Crippen LogP contribution >= 0.6 is 0 Å². The number of aromatic nitrogens is 4. The van der Waals surface area contributed by atoms with Gasteiger partial charge in [0.05, 0.1) is 0 Å². The molecule has 3 aromatic heterocycles. The number of pyridine rings is 2. The molecule has 20 heavy (non-hydrogen) atoms. The molecule has 0 saturated carbocycles. The molecule has 0 N–H and O–H groups in total. The van der Waals surface area contributed by atoms with Crippen molar-refractivity contribution in [3.05, 3.63) is 66.0 Å². The van der Waals surface area contributed by atoms with Crippen LogP contribution in [0.25, 0.3) is 11.4 Å². The van der Waals surface area contributed by atoms with Crippen LogP contribution in [0.5, 0.6) is 0 Å². The van der Waals surface area contributed by atoms with Crippen LogP contribution in [0.4, 0.5) is 0 Å². The molecule has 3 heterocycles. The Morgan fingerprint density at radius 3 is 2.40 bits per heavy atom. The highest BCUT2D eigenvalue weighted by molar-refractivity contribution is 5.54. The summed E-state index contributed by atoms with van der Waals surface area (Å²) in [6.45, 7) is 4.84. The van der Waals surface area contributed by atoms with E-state index in [1.54, 1.807) is 12.4 Å². The highest BCUT2D eigenvalue weighted by Crippen LogP contribution is 2.18. The second-order valence-electron chi connectivity index (χ2n) is 4.87. The lowest BCUT2D eigenvalue weighted by Crippen LogP contribution is -2.02. The first-order chi connectivity index (χ1) is 9.72. The molecule has 0 aliphatic carbocycles. The summed E-state index contributed by atoms with van der Waals surface area (Å²) in [7, 11) is 0. The minimum atomic E-state index is 0.794. The third kappa shape index (κ3) is 2.59. The molecular weight excluding hydrogens is 248 g/mol. The molecule has 0 aliphatic rings. The molecule has 0 radical (unpaired) electrons. The Bertz CT molecular complexity index is 696. The average Bonchev–Trinajstić information content (AvgIpc) is 2.86. The van der Waals surface area contributed by atoms with Crippen LogP contribution in [-0.4, -0.2) is 19.5 Å². The maximum atomic E-state index is 4.45. The quantitative estimate of drug-likeness (QED) is 0.730. The van der Waals surface area contributed by atoms with Gasteiger partial charge in [0.25, 0.3) is 0 Å². The zero-order valence-electron chi connectivity index (χ0n) is 11.6. The maximum Gasteiger partial charge on any atom is 0.140 e. The molecule has 4 nitrogen and oxygen atoms in total. The largest absolute Gasteiger partial charge is 0.327 e. The Balaban J connectivity index is 1.94. The van der Waals surface area contributed by atoms with E-state index in [1.165, 1.54) is 5.56 Å². The third-order valence-electron chi connectivity index (χ3n) is 3.15. The molecule has 3 aromatic rings. The van der Waals surface area contributed by atoms with E-state index in [0.29, 0.717) is 0 Å².